The predicted molar refractivity (Wildman–Crippen MR) is 170 cm³/mol. The molecule has 8 bridgehead atoms. The molecule has 210 valence electrons. The monoisotopic (exact) mass is 578 g/mol. The number of halogens is 3. The van der Waals surface area contributed by atoms with Crippen molar-refractivity contribution >= 4 is 43.6 Å². The maximum atomic E-state index is 13.9. The van der Waals surface area contributed by atoms with Gasteiger partial charge in [0.1, 0.15) is 0 Å². The Balaban J connectivity index is 1.48. The molecule has 2 aliphatic rings. The molecule has 0 amide bonds. The van der Waals surface area contributed by atoms with E-state index in [9.17, 15) is 13.2 Å². The van der Waals surface area contributed by atoms with E-state index < -0.39 is 11.7 Å². The van der Waals surface area contributed by atoms with E-state index in [-0.39, 0.29) is 0 Å². The van der Waals surface area contributed by atoms with Crippen molar-refractivity contribution in [2.45, 2.75) is 6.18 Å². The molecule has 2 aliphatic heterocycles. The Bertz CT molecular complexity index is 2500. The first-order valence-corrected chi connectivity index (χ1v) is 14.2. The third-order valence-corrected chi connectivity index (χ3v) is 8.54. The zero-order valence-electron chi connectivity index (χ0n) is 23.0. The number of alkyl halides is 3. The van der Waals surface area contributed by atoms with Crippen LogP contribution in [0.15, 0.2) is 115 Å². The Morgan fingerprint density at radius 2 is 0.773 bits per heavy atom. The first-order valence-electron chi connectivity index (χ1n) is 14.2. The highest BCUT2D eigenvalue weighted by Crippen LogP contribution is 2.42. The summed E-state index contributed by atoms with van der Waals surface area (Å²) >= 11 is 0. The molecule has 7 heteroatoms. The van der Waals surface area contributed by atoms with Gasteiger partial charge in [0.15, 0.2) is 0 Å². The zero-order valence-corrected chi connectivity index (χ0v) is 23.0. The fourth-order valence-corrected chi connectivity index (χ4v) is 6.49. The maximum absolute atomic E-state index is 13.9. The normalized spacial score (nSPS) is 12.4. The minimum Gasteiger partial charge on any atom is -0.354 e. The van der Waals surface area contributed by atoms with E-state index in [0.717, 1.165) is 72.2 Å². The lowest BCUT2D eigenvalue weighted by molar-refractivity contribution is -0.137. The molecular formula is C37H21F3N4. The molecule has 0 unspecified atom stereocenters. The van der Waals surface area contributed by atoms with Gasteiger partial charge in [-0.3, -0.25) is 0 Å². The summed E-state index contributed by atoms with van der Waals surface area (Å²) in [6.45, 7) is 0. The highest BCUT2D eigenvalue weighted by Gasteiger charge is 2.32. The first kappa shape index (κ1) is 24.9. The summed E-state index contributed by atoms with van der Waals surface area (Å²) < 4.78 is 41.6. The van der Waals surface area contributed by atoms with Crippen molar-refractivity contribution < 1.29 is 13.2 Å². The van der Waals surface area contributed by atoms with Gasteiger partial charge in [-0.05, 0) is 36.4 Å². The average Bonchev–Trinajstić information content (AvgIpc) is 3.76. The standard InChI is InChI=1S/C37H21F3N4/c38-37(39,40)20-13-14-27-28(15-20)36-19-34-26-12-6-5-11-25(26)32(43-34)17-30-22-8-2-1-7-21(22)29(41-30)16-31-23-9-3-4-10-24(23)33(42-31)18-35(27)44-36/h1-19,42-43H. The van der Waals surface area contributed by atoms with Crippen molar-refractivity contribution in [2.75, 3.05) is 0 Å². The molecule has 44 heavy (non-hydrogen) atoms. The van der Waals surface area contributed by atoms with Gasteiger partial charge in [-0.15, -0.1) is 0 Å². The molecule has 9 rings (SSSR count). The molecule has 0 atom stereocenters. The Morgan fingerprint density at radius 1 is 0.409 bits per heavy atom. The second kappa shape index (κ2) is 8.91. The van der Waals surface area contributed by atoms with Gasteiger partial charge in [-0.25, -0.2) is 9.97 Å². The zero-order chi connectivity index (χ0) is 29.6. The van der Waals surface area contributed by atoms with Crippen LogP contribution >= 0.6 is 0 Å². The Kier molecular flexibility index (Phi) is 5.03. The molecule has 4 nitrogen and oxygen atoms in total. The minimum atomic E-state index is -4.47. The maximum Gasteiger partial charge on any atom is 0.416 e. The molecule has 2 N–H and O–H groups in total. The molecule has 3 aromatic heterocycles. The fourth-order valence-electron chi connectivity index (χ4n) is 6.49. The molecular weight excluding hydrogens is 557 g/mol. The highest BCUT2D eigenvalue weighted by atomic mass is 19.4. The predicted octanol–water partition coefficient (Wildman–Crippen LogP) is 10.3. The topological polar surface area (TPSA) is 57.4 Å². The number of hydrogen-bond acceptors (Lipinski definition) is 2. The third kappa shape index (κ3) is 3.72. The first-order chi connectivity index (χ1) is 21.4. The van der Waals surface area contributed by atoms with Gasteiger partial charge in [0.2, 0.25) is 0 Å². The largest absolute Gasteiger partial charge is 0.416 e. The van der Waals surface area contributed by atoms with Crippen molar-refractivity contribution in [3.63, 3.8) is 0 Å². The second-order valence-corrected chi connectivity index (χ2v) is 11.1. The van der Waals surface area contributed by atoms with E-state index in [2.05, 4.69) is 34.2 Å². The van der Waals surface area contributed by atoms with Gasteiger partial charge in [0.25, 0.3) is 0 Å². The molecule has 0 fully saturated rings. The van der Waals surface area contributed by atoms with E-state index in [1.165, 1.54) is 12.1 Å². The smallest absolute Gasteiger partial charge is 0.354 e. The van der Waals surface area contributed by atoms with E-state index in [0.29, 0.717) is 22.5 Å². The van der Waals surface area contributed by atoms with Gasteiger partial charge >= 0.3 is 6.18 Å². The number of rotatable bonds is 0. The summed E-state index contributed by atoms with van der Waals surface area (Å²) in [5.41, 5.74) is 8.52. The Hall–Kier alpha value is -5.69. The molecule has 5 heterocycles. The van der Waals surface area contributed by atoms with Crippen LogP contribution in [-0.4, -0.2) is 19.9 Å². The van der Waals surface area contributed by atoms with Crippen LogP contribution in [-0.2, 0) is 6.18 Å². The van der Waals surface area contributed by atoms with Crippen molar-refractivity contribution in [1.82, 2.24) is 19.9 Å². The van der Waals surface area contributed by atoms with Crippen LogP contribution in [0.3, 0.4) is 0 Å². The number of fused-ring (bicyclic) bond motifs is 20. The average molecular weight is 579 g/mol. The summed E-state index contributed by atoms with van der Waals surface area (Å²) in [5, 5.41) is 3.93. The van der Waals surface area contributed by atoms with Crippen LogP contribution in [0.5, 0.6) is 0 Å². The summed E-state index contributed by atoms with van der Waals surface area (Å²) in [4.78, 5) is 17.1. The van der Waals surface area contributed by atoms with Crippen LogP contribution in [0.2, 0.25) is 0 Å². The summed E-state index contributed by atoms with van der Waals surface area (Å²) in [6.07, 6.45) is -4.47. The molecule has 0 spiro atoms. The van der Waals surface area contributed by atoms with Crippen LogP contribution in [0, 0.1) is 0 Å². The molecule has 0 saturated heterocycles. The number of nitrogens with one attached hydrogen (secondary N) is 2. The Morgan fingerprint density at radius 3 is 1.18 bits per heavy atom. The van der Waals surface area contributed by atoms with Crippen molar-refractivity contribution in [3.8, 4) is 45.0 Å². The van der Waals surface area contributed by atoms with E-state index in [1.807, 2.05) is 72.8 Å². The lowest BCUT2D eigenvalue weighted by Gasteiger charge is -2.08. The molecule has 0 aliphatic carbocycles. The fraction of sp³-hybridized carbons (Fsp3) is 0.0270. The van der Waals surface area contributed by atoms with Crippen LogP contribution in [0.4, 0.5) is 13.2 Å². The number of nitrogens with zero attached hydrogens (tertiary/aromatic N) is 2. The number of benzene rings is 4. The van der Waals surface area contributed by atoms with Crippen molar-refractivity contribution in [2.24, 2.45) is 0 Å². The molecule has 7 aromatic rings. The van der Waals surface area contributed by atoms with Gasteiger partial charge in [-0.1, -0.05) is 78.9 Å². The summed E-state index contributed by atoms with van der Waals surface area (Å²) in [6, 6.07) is 35.9. The summed E-state index contributed by atoms with van der Waals surface area (Å²) in [7, 11) is 0. The van der Waals surface area contributed by atoms with E-state index in [4.69, 9.17) is 9.97 Å². The lowest BCUT2D eigenvalue weighted by atomic mass is 10.0. The van der Waals surface area contributed by atoms with Gasteiger partial charge < -0.3 is 9.97 Å². The minimum absolute atomic E-state index is 0.440. The number of hydrogen-bond donors (Lipinski definition) is 2. The van der Waals surface area contributed by atoms with Crippen LogP contribution in [0.1, 0.15) is 5.56 Å². The second-order valence-electron chi connectivity index (χ2n) is 11.1. The van der Waals surface area contributed by atoms with Crippen LogP contribution < -0.4 is 0 Å². The lowest BCUT2D eigenvalue weighted by Crippen LogP contribution is -2.04. The van der Waals surface area contributed by atoms with Crippen molar-refractivity contribution in [3.05, 3.63) is 121 Å². The SMILES string of the molecule is FC(F)(F)c1ccc2c(c1)-c1cc3[nH]c(cc4nc(cc5[nH]c(cc-2n1)c1ccccc51)-c1ccccc1-4)c1ccccc31. The molecule has 4 aromatic carbocycles. The Labute approximate surface area is 248 Å². The van der Waals surface area contributed by atoms with E-state index >= 15 is 0 Å². The highest BCUT2D eigenvalue weighted by molar-refractivity contribution is 6.10. The number of aromatic nitrogens is 4. The number of H-pyrrole nitrogens is 2. The van der Waals surface area contributed by atoms with E-state index in [1.54, 1.807) is 0 Å². The third-order valence-electron chi connectivity index (χ3n) is 8.54. The molecule has 0 saturated carbocycles. The van der Waals surface area contributed by atoms with Gasteiger partial charge in [0, 0.05) is 65.9 Å². The quantitative estimate of drug-likeness (QED) is 0.188. The molecule has 0 radical (unpaired) electrons. The van der Waals surface area contributed by atoms with Gasteiger partial charge in [-0.2, -0.15) is 13.2 Å². The van der Waals surface area contributed by atoms with Gasteiger partial charge in [0.05, 0.1) is 28.3 Å². The van der Waals surface area contributed by atoms with Crippen LogP contribution in [0.25, 0.3) is 88.6 Å². The summed E-state index contributed by atoms with van der Waals surface area (Å²) in [5.74, 6) is 0. The van der Waals surface area contributed by atoms with Crippen molar-refractivity contribution in [1.29, 1.82) is 0 Å². The number of aromatic amines is 2.